The van der Waals surface area contributed by atoms with Crippen LogP contribution in [0.15, 0.2) is 0 Å². The first-order valence-corrected chi connectivity index (χ1v) is 5.00. The summed E-state index contributed by atoms with van der Waals surface area (Å²) in [5.41, 5.74) is -0.845. The van der Waals surface area contributed by atoms with Crippen LogP contribution >= 0.6 is 15.9 Å². The van der Waals surface area contributed by atoms with Crippen LogP contribution in [0, 0.1) is 0 Å². The van der Waals surface area contributed by atoms with Crippen molar-refractivity contribution in [2.75, 3.05) is 13.6 Å². The molecule has 0 fully saturated rings. The van der Waals surface area contributed by atoms with Crippen LogP contribution < -0.4 is 0 Å². The number of carbonyl (C=O) groups is 1. The maximum absolute atomic E-state index is 11.6. The van der Waals surface area contributed by atoms with Gasteiger partial charge in [0.2, 0.25) is 5.91 Å². The highest BCUT2D eigenvalue weighted by Gasteiger charge is 2.29. The fourth-order valence-corrected chi connectivity index (χ4v) is 1.41. The van der Waals surface area contributed by atoms with Crippen LogP contribution in [-0.4, -0.2) is 39.4 Å². The number of hydrogen-bond acceptors (Lipinski definition) is 2. The van der Waals surface area contributed by atoms with Crippen molar-refractivity contribution in [2.24, 2.45) is 0 Å². The van der Waals surface area contributed by atoms with E-state index >= 15 is 0 Å². The molecule has 0 aromatic heterocycles. The molecule has 0 aromatic carbocycles. The highest BCUT2D eigenvalue weighted by Crippen LogP contribution is 2.19. The summed E-state index contributed by atoms with van der Waals surface area (Å²) in [7, 11) is 1.68. The first-order valence-electron chi connectivity index (χ1n) is 4.21. The lowest BCUT2D eigenvalue weighted by molar-refractivity contribution is -0.134. The van der Waals surface area contributed by atoms with Gasteiger partial charge in [-0.15, -0.1) is 0 Å². The van der Waals surface area contributed by atoms with Crippen LogP contribution in [0.3, 0.4) is 0 Å². The summed E-state index contributed by atoms with van der Waals surface area (Å²) >= 11 is 3.28. The Kier molecular flexibility index (Phi) is 3.94. The predicted molar refractivity (Wildman–Crippen MR) is 56.9 cm³/mol. The van der Waals surface area contributed by atoms with Gasteiger partial charge in [-0.25, -0.2) is 0 Å². The van der Waals surface area contributed by atoms with Crippen molar-refractivity contribution >= 4 is 21.8 Å². The summed E-state index contributed by atoms with van der Waals surface area (Å²) in [6.45, 7) is 7.27. The van der Waals surface area contributed by atoms with Crippen molar-refractivity contribution in [2.45, 2.75) is 37.6 Å². The van der Waals surface area contributed by atoms with Crippen molar-refractivity contribution in [3.05, 3.63) is 0 Å². The number of rotatable bonds is 3. The molecule has 0 spiro atoms. The van der Waals surface area contributed by atoms with E-state index in [4.69, 9.17) is 0 Å². The zero-order valence-electron chi connectivity index (χ0n) is 8.89. The third-order valence-electron chi connectivity index (χ3n) is 1.48. The summed E-state index contributed by atoms with van der Waals surface area (Å²) in [6, 6.07) is 0. The summed E-state index contributed by atoms with van der Waals surface area (Å²) in [6.07, 6.45) is 0. The van der Waals surface area contributed by atoms with Crippen molar-refractivity contribution in [3.63, 3.8) is 0 Å². The van der Waals surface area contributed by atoms with Crippen LogP contribution in [0.2, 0.25) is 0 Å². The van der Waals surface area contributed by atoms with Gasteiger partial charge in [-0.2, -0.15) is 0 Å². The van der Waals surface area contributed by atoms with Crippen LogP contribution in [0.5, 0.6) is 0 Å². The van der Waals surface area contributed by atoms with Gasteiger partial charge in [0.05, 0.1) is 9.93 Å². The number of carbonyl (C=O) groups excluding carboxylic acids is 1. The fraction of sp³-hybridized carbons (Fsp3) is 0.889. The molecule has 0 aromatic rings. The second-order valence-corrected chi connectivity index (χ2v) is 6.43. The van der Waals surface area contributed by atoms with Crippen LogP contribution in [0.4, 0.5) is 0 Å². The summed E-state index contributed by atoms with van der Waals surface area (Å²) < 4.78 is -0.562. The summed E-state index contributed by atoms with van der Waals surface area (Å²) in [5, 5.41) is 9.49. The molecule has 0 rings (SSSR count). The van der Waals surface area contributed by atoms with E-state index in [0.717, 1.165) is 0 Å². The van der Waals surface area contributed by atoms with E-state index in [2.05, 4.69) is 15.9 Å². The van der Waals surface area contributed by atoms with Gasteiger partial charge in [0, 0.05) is 13.6 Å². The quantitative estimate of drug-likeness (QED) is 0.771. The number of amides is 1. The van der Waals surface area contributed by atoms with Crippen molar-refractivity contribution in [3.8, 4) is 0 Å². The minimum absolute atomic E-state index is 0.0328. The smallest absolute Gasteiger partial charge is 0.238 e. The summed E-state index contributed by atoms with van der Waals surface area (Å²) in [5.74, 6) is -0.0328. The largest absolute Gasteiger partial charge is 0.389 e. The van der Waals surface area contributed by atoms with Gasteiger partial charge in [-0.1, -0.05) is 15.9 Å². The molecule has 0 aliphatic heterocycles. The average molecular weight is 252 g/mol. The Morgan fingerprint density at radius 1 is 1.38 bits per heavy atom. The number of likely N-dealkylation sites (N-methyl/N-ethyl adjacent to an activating group) is 1. The molecule has 1 N–H and O–H groups in total. The molecule has 3 nitrogen and oxygen atoms in total. The molecule has 0 radical (unpaired) electrons. The summed E-state index contributed by atoms with van der Waals surface area (Å²) in [4.78, 5) is 13.1. The third kappa shape index (κ3) is 5.26. The average Bonchev–Trinajstić information content (AvgIpc) is 1.79. The Morgan fingerprint density at radius 2 is 1.77 bits per heavy atom. The van der Waals surface area contributed by atoms with E-state index in [9.17, 15) is 9.90 Å². The van der Waals surface area contributed by atoms with E-state index in [1.165, 1.54) is 4.90 Å². The van der Waals surface area contributed by atoms with Crippen molar-refractivity contribution < 1.29 is 9.90 Å². The lowest BCUT2D eigenvalue weighted by atomic mass is 10.1. The van der Waals surface area contributed by atoms with Crippen molar-refractivity contribution in [1.82, 2.24) is 4.90 Å². The van der Waals surface area contributed by atoms with Crippen LogP contribution in [0.1, 0.15) is 27.7 Å². The second-order valence-electron chi connectivity index (χ2n) is 4.45. The highest BCUT2D eigenvalue weighted by atomic mass is 79.9. The van der Waals surface area contributed by atoms with Crippen molar-refractivity contribution in [1.29, 1.82) is 0 Å². The highest BCUT2D eigenvalue weighted by molar-refractivity contribution is 9.10. The van der Waals surface area contributed by atoms with Gasteiger partial charge in [-0.05, 0) is 27.7 Å². The number of nitrogens with zero attached hydrogens (tertiary/aromatic N) is 1. The lowest BCUT2D eigenvalue weighted by Gasteiger charge is -2.29. The van der Waals surface area contributed by atoms with Crippen LogP contribution in [0.25, 0.3) is 0 Å². The normalized spacial score (nSPS) is 12.8. The molecule has 0 saturated carbocycles. The molecule has 0 bridgehead atoms. The Labute approximate surface area is 88.2 Å². The van der Waals surface area contributed by atoms with E-state index in [0.29, 0.717) is 6.54 Å². The molecular weight excluding hydrogens is 234 g/mol. The first kappa shape index (κ1) is 12.9. The van der Waals surface area contributed by atoms with E-state index in [1.54, 1.807) is 34.7 Å². The van der Waals surface area contributed by atoms with E-state index < -0.39 is 9.93 Å². The number of aliphatic hydroxyl groups is 1. The molecule has 0 atom stereocenters. The fourth-order valence-electron chi connectivity index (χ4n) is 1.11. The van der Waals surface area contributed by atoms with Gasteiger partial charge >= 0.3 is 0 Å². The predicted octanol–water partition coefficient (Wildman–Crippen LogP) is 1.39. The minimum Gasteiger partial charge on any atom is -0.389 e. The topological polar surface area (TPSA) is 40.5 Å². The van der Waals surface area contributed by atoms with Gasteiger partial charge in [-0.3, -0.25) is 4.79 Å². The monoisotopic (exact) mass is 251 g/mol. The molecule has 13 heavy (non-hydrogen) atoms. The molecule has 0 aliphatic rings. The third-order valence-corrected chi connectivity index (χ3v) is 1.82. The van der Waals surface area contributed by atoms with Gasteiger partial charge < -0.3 is 10.0 Å². The molecule has 0 heterocycles. The Hall–Kier alpha value is -0.0900. The molecule has 0 aliphatic carbocycles. The number of alkyl halides is 1. The lowest BCUT2D eigenvalue weighted by Crippen LogP contribution is -2.45. The SMILES string of the molecule is CN(CC(C)(C)O)C(=O)C(C)(C)Br. The van der Waals surface area contributed by atoms with Gasteiger partial charge in [0.25, 0.3) is 0 Å². The van der Waals surface area contributed by atoms with Gasteiger partial charge in [0.1, 0.15) is 0 Å². The zero-order chi connectivity index (χ0) is 10.9. The molecule has 0 saturated heterocycles. The second kappa shape index (κ2) is 3.96. The maximum atomic E-state index is 11.6. The molecule has 78 valence electrons. The Balaban J connectivity index is 4.30. The molecule has 1 amide bonds. The number of halogens is 1. The molecule has 4 heteroatoms. The van der Waals surface area contributed by atoms with E-state index in [1.807, 2.05) is 0 Å². The minimum atomic E-state index is -0.845. The Morgan fingerprint density at radius 3 is 2.00 bits per heavy atom. The van der Waals surface area contributed by atoms with Crippen LogP contribution in [-0.2, 0) is 4.79 Å². The zero-order valence-corrected chi connectivity index (χ0v) is 10.5. The Bertz CT molecular complexity index is 191. The van der Waals surface area contributed by atoms with E-state index in [-0.39, 0.29) is 5.91 Å². The number of hydrogen-bond donors (Lipinski definition) is 1. The molecule has 0 unspecified atom stereocenters. The first-order chi connectivity index (χ1) is 5.54. The van der Waals surface area contributed by atoms with Gasteiger partial charge in [0.15, 0.2) is 0 Å². The standard InChI is InChI=1S/C9H18BrNO2/c1-8(2,13)6-11(5)7(12)9(3,4)10/h13H,6H2,1-5H3. The maximum Gasteiger partial charge on any atom is 0.238 e. The molecular formula is C9H18BrNO2.